The van der Waals surface area contributed by atoms with E-state index in [2.05, 4.69) is 10.1 Å². The molecule has 1 aromatic heterocycles. The van der Waals surface area contributed by atoms with E-state index >= 15 is 0 Å². The third-order valence-electron chi connectivity index (χ3n) is 4.09. The summed E-state index contributed by atoms with van der Waals surface area (Å²) in [7, 11) is 0. The first-order valence-electron chi connectivity index (χ1n) is 8.23. The molecule has 1 heterocycles. The van der Waals surface area contributed by atoms with Crippen LogP contribution in [0.15, 0.2) is 82.7 Å². The summed E-state index contributed by atoms with van der Waals surface area (Å²) in [6, 6.07) is 21.0. The van der Waals surface area contributed by atoms with Crippen LogP contribution in [0, 0.1) is 0 Å². The van der Waals surface area contributed by atoms with Gasteiger partial charge in [-0.25, -0.2) is 4.98 Å². The SMILES string of the molecule is O=c1c2ccc(Cl)cc2nc(-c2ccccc2)n1/N=C/c1ccccc1O. The highest BCUT2D eigenvalue weighted by atomic mass is 35.5. The monoisotopic (exact) mass is 375 g/mol. The smallest absolute Gasteiger partial charge is 0.282 e. The zero-order valence-electron chi connectivity index (χ0n) is 14.1. The molecule has 5 nitrogen and oxygen atoms in total. The van der Waals surface area contributed by atoms with Crippen LogP contribution in [-0.4, -0.2) is 21.0 Å². The fourth-order valence-electron chi connectivity index (χ4n) is 2.75. The van der Waals surface area contributed by atoms with E-state index in [9.17, 15) is 9.90 Å². The van der Waals surface area contributed by atoms with Gasteiger partial charge in [-0.2, -0.15) is 9.78 Å². The molecule has 0 atom stereocenters. The number of halogens is 1. The number of rotatable bonds is 3. The zero-order valence-corrected chi connectivity index (χ0v) is 14.8. The van der Waals surface area contributed by atoms with Crippen LogP contribution in [0.4, 0.5) is 0 Å². The third kappa shape index (κ3) is 3.32. The van der Waals surface area contributed by atoms with E-state index in [1.54, 1.807) is 42.5 Å². The van der Waals surface area contributed by atoms with Gasteiger partial charge in [0.25, 0.3) is 5.56 Å². The molecule has 4 rings (SSSR count). The number of para-hydroxylation sites is 1. The van der Waals surface area contributed by atoms with Gasteiger partial charge in [0.05, 0.1) is 17.1 Å². The molecule has 0 saturated carbocycles. The Kier molecular flexibility index (Phi) is 4.44. The predicted octanol–water partition coefficient (Wildman–Crippen LogP) is 4.30. The van der Waals surface area contributed by atoms with Gasteiger partial charge in [0, 0.05) is 16.1 Å². The van der Waals surface area contributed by atoms with Crippen LogP contribution in [0.1, 0.15) is 5.56 Å². The fourth-order valence-corrected chi connectivity index (χ4v) is 2.91. The van der Waals surface area contributed by atoms with Crippen molar-refractivity contribution in [2.45, 2.75) is 0 Å². The van der Waals surface area contributed by atoms with Crippen molar-refractivity contribution in [3.8, 4) is 17.1 Å². The average Bonchev–Trinajstić information content (AvgIpc) is 2.69. The second-order valence-corrected chi connectivity index (χ2v) is 6.32. The van der Waals surface area contributed by atoms with Crippen molar-refractivity contribution in [3.63, 3.8) is 0 Å². The van der Waals surface area contributed by atoms with Gasteiger partial charge in [-0.3, -0.25) is 4.79 Å². The summed E-state index contributed by atoms with van der Waals surface area (Å²) in [4.78, 5) is 17.6. The Hall–Kier alpha value is -3.44. The Morgan fingerprint density at radius 1 is 1.00 bits per heavy atom. The van der Waals surface area contributed by atoms with Crippen molar-refractivity contribution < 1.29 is 5.11 Å². The minimum Gasteiger partial charge on any atom is -0.507 e. The minimum absolute atomic E-state index is 0.0797. The van der Waals surface area contributed by atoms with Gasteiger partial charge in [-0.1, -0.05) is 54.1 Å². The summed E-state index contributed by atoms with van der Waals surface area (Å²) in [6.07, 6.45) is 1.44. The van der Waals surface area contributed by atoms with Crippen LogP contribution in [0.2, 0.25) is 5.02 Å². The Labute approximate surface area is 159 Å². The van der Waals surface area contributed by atoms with Crippen molar-refractivity contribution >= 4 is 28.7 Å². The van der Waals surface area contributed by atoms with Gasteiger partial charge < -0.3 is 5.11 Å². The fraction of sp³-hybridized carbons (Fsp3) is 0. The van der Waals surface area contributed by atoms with Gasteiger partial charge in [-0.05, 0) is 30.3 Å². The molecule has 3 aromatic carbocycles. The molecular formula is C21H14ClN3O2. The molecule has 4 aromatic rings. The number of phenolic OH excluding ortho intramolecular Hbond substituents is 1. The number of hydrogen-bond donors (Lipinski definition) is 1. The van der Waals surface area contributed by atoms with E-state index in [0.29, 0.717) is 27.3 Å². The van der Waals surface area contributed by atoms with E-state index in [4.69, 9.17) is 11.6 Å². The van der Waals surface area contributed by atoms with Crippen LogP contribution >= 0.6 is 11.6 Å². The lowest BCUT2D eigenvalue weighted by Gasteiger charge is -2.09. The lowest BCUT2D eigenvalue weighted by atomic mass is 10.2. The highest BCUT2D eigenvalue weighted by Crippen LogP contribution is 2.21. The molecule has 0 amide bonds. The number of hydrogen-bond acceptors (Lipinski definition) is 4. The number of fused-ring (bicyclic) bond motifs is 1. The van der Waals surface area contributed by atoms with Crippen molar-refractivity contribution in [1.82, 2.24) is 9.66 Å². The van der Waals surface area contributed by atoms with E-state index in [0.717, 1.165) is 5.56 Å². The second kappa shape index (κ2) is 7.05. The van der Waals surface area contributed by atoms with Crippen LogP contribution in [0.25, 0.3) is 22.3 Å². The first-order valence-corrected chi connectivity index (χ1v) is 8.61. The van der Waals surface area contributed by atoms with E-state index in [1.165, 1.54) is 10.9 Å². The number of aromatic hydroxyl groups is 1. The van der Waals surface area contributed by atoms with Gasteiger partial charge >= 0.3 is 0 Å². The molecule has 0 fully saturated rings. The molecule has 0 saturated heterocycles. The van der Waals surface area contributed by atoms with Gasteiger partial charge in [0.1, 0.15) is 5.75 Å². The summed E-state index contributed by atoms with van der Waals surface area (Å²) in [5, 5.41) is 15.2. The first kappa shape index (κ1) is 17.0. The lowest BCUT2D eigenvalue weighted by molar-refractivity contribution is 0.474. The summed E-state index contributed by atoms with van der Waals surface area (Å²) in [5.74, 6) is 0.470. The Morgan fingerprint density at radius 3 is 2.52 bits per heavy atom. The molecule has 0 unspecified atom stereocenters. The molecule has 0 radical (unpaired) electrons. The van der Waals surface area contributed by atoms with Gasteiger partial charge in [0.15, 0.2) is 5.82 Å². The highest BCUT2D eigenvalue weighted by molar-refractivity contribution is 6.31. The number of aromatic nitrogens is 2. The molecule has 0 spiro atoms. The molecule has 0 aliphatic carbocycles. The minimum atomic E-state index is -0.317. The highest BCUT2D eigenvalue weighted by Gasteiger charge is 2.12. The normalized spacial score (nSPS) is 11.3. The summed E-state index contributed by atoms with van der Waals surface area (Å²) >= 11 is 6.06. The van der Waals surface area contributed by atoms with E-state index in [-0.39, 0.29) is 11.3 Å². The predicted molar refractivity (Wildman–Crippen MR) is 108 cm³/mol. The molecule has 6 heteroatoms. The molecule has 0 aliphatic heterocycles. The molecule has 0 bridgehead atoms. The lowest BCUT2D eigenvalue weighted by Crippen LogP contribution is -2.20. The van der Waals surface area contributed by atoms with Crippen LogP contribution in [0.3, 0.4) is 0 Å². The number of benzene rings is 3. The summed E-state index contributed by atoms with van der Waals surface area (Å²) < 4.78 is 1.23. The Morgan fingerprint density at radius 2 is 1.74 bits per heavy atom. The molecule has 132 valence electrons. The molecule has 1 N–H and O–H groups in total. The maximum Gasteiger partial charge on any atom is 0.282 e. The summed E-state index contributed by atoms with van der Waals surface area (Å²) in [6.45, 7) is 0. The average molecular weight is 376 g/mol. The van der Waals surface area contributed by atoms with Gasteiger partial charge in [-0.15, -0.1) is 0 Å². The van der Waals surface area contributed by atoms with E-state index in [1.807, 2.05) is 30.3 Å². The maximum absolute atomic E-state index is 13.0. The standard InChI is InChI=1S/C21H14ClN3O2/c22-16-10-11-17-18(12-16)24-20(14-6-2-1-3-7-14)25(21(17)27)23-13-15-8-4-5-9-19(15)26/h1-13,26H/b23-13+. The van der Waals surface area contributed by atoms with Gasteiger partial charge in [0.2, 0.25) is 0 Å². The topological polar surface area (TPSA) is 67.5 Å². The molecule has 27 heavy (non-hydrogen) atoms. The van der Waals surface area contributed by atoms with Crippen molar-refractivity contribution in [2.75, 3.05) is 0 Å². The quantitative estimate of drug-likeness (QED) is 0.543. The summed E-state index contributed by atoms with van der Waals surface area (Å²) in [5.41, 5.74) is 1.42. The molecular weight excluding hydrogens is 362 g/mol. The second-order valence-electron chi connectivity index (χ2n) is 5.88. The third-order valence-corrected chi connectivity index (χ3v) is 4.33. The maximum atomic E-state index is 13.0. The molecule has 0 aliphatic rings. The largest absolute Gasteiger partial charge is 0.507 e. The van der Waals surface area contributed by atoms with Crippen molar-refractivity contribution in [3.05, 3.63) is 93.7 Å². The Bertz CT molecular complexity index is 1220. The van der Waals surface area contributed by atoms with Crippen molar-refractivity contribution in [2.24, 2.45) is 5.10 Å². The van der Waals surface area contributed by atoms with Crippen molar-refractivity contribution in [1.29, 1.82) is 0 Å². The number of phenols is 1. The zero-order chi connectivity index (χ0) is 18.8. The Balaban J connectivity index is 1.97. The van der Waals surface area contributed by atoms with E-state index < -0.39 is 0 Å². The van der Waals surface area contributed by atoms with Crippen LogP contribution < -0.4 is 5.56 Å². The number of nitrogens with zero attached hydrogens (tertiary/aromatic N) is 3. The van der Waals surface area contributed by atoms with Crippen LogP contribution in [0.5, 0.6) is 5.75 Å². The van der Waals surface area contributed by atoms with Crippen LogP contribution in [-0.2, 0) is 0 Å². The first-order chi connectivity index (χ1) is 13.1.